The quantitative estimate of drug-likeness (QED) is 0.575. The molecule has 0 aliphatic carbocycles. The summed E-state index contributed by atoms with van der Waals surface area (Å²) in [5.74, 6) is 2.60. The summed E-state index contributed by atoms with van der Waals surface area (Å²) in [5, 5.41) is 12.3. The first-order valence-corrected chi connectivity index (χ1v) is 8.76. The fraction of sp³-hybridized carbons (Fsp3) is 0.294. The van der Waals surface area contributed by atoms with Gasteiger partial charge in [-0.1, -0.05) is 0 Å². The molecule has 1 aliphatic rings. The number of H-pyrrole nitrogens is 1. The van der Waals surface area contributed by atoms with Gasteiger partial charge >= 0.3 is 0 Å². The van der Waals surface area contributed by atoms with Gasteiger partial charge in [0.05, 0.1) is 17.3 Å². The Hall–Kier alpha value is -3.56. The molecule has 0 amide bonds. The molecule has 10 nitrogen and oxygen atoms in total. The Morgan fingerprint density at radius 3 is 2.52 bits per heavy atom. The topological polar surface area (TPSA) is 105 Å². The molecule has 1 fully saturated rings. The first kappa shape index (κ1) is 15.7. The Bertz CT molecular complexity index is 1080. The van der Waals surface area contributed by atoms with E-state index in [1.54, 1.807) is 23.5 Å². The number of hydrogen-bond acceptors (Lipinski definition) is 8. The van der Waals surface area contributed by atoms with Gasteiger partial charge in [0.25, 0.3) is 0 Å². The molecule has 0 spiro atoms. The van der Waals surface area contributed by atoms with E-state index in [2.05, 4.69) is 45.0 Å². The number of aromatic amines is 1. The van der Waals surface area contributed by atoms with Crippen LogP contribution in [0.5, 0.6) is 0 Å². The van der Waals surface area contributed by atoms with Gasteiger partial charge in [0.15, 0.2) is 11.5 Å². The molecule has 5 rings (SSSR count). The van der Waals surface area contributed by atoms with E-state index in [4.69, 9.17) is 0 Å². The van der Waals surface area contributed by atoms with Crippen LogP contribution in [-0.2, 0) is 0 Å². The minimum atomic E-state index is 0.761. The average molecular weight is 362 g/mol. The minimum Gasteiger partial charge on any atom is -0.353 e. The Morgan fingerprint density at radius 1 is 0.926 bits per heavy atom. The van der Waals surface area contributed by atoms with Crippen LogP contribution in [0.15, 0.2) is 37.2 Å². The van der Waals surface area contributed by atoms with E-state index in [1.807, 2.05) is 25.3 Å². The fourth-order valence-electron chi connectivity index (χ4n) is 3.33. The zero-order valence-corrected chi connectivity index (χ0v) is 14.8. The lowest BCUT2D eigenvalue weighted by atomic mass is 10.2. The summed E-state index contributed by atoms with van der Waals surface area (Å²) < 4.78 is 1.77. The summed E-state index contributed by atoms with van der Waals surface area (Å²) in [4.78, 5) is 22.0. The van der Waals surface area contributed by atoms with Crippen LogP contribution in [0, 0.1) is 6.92 Å². The van der Waals surface area contributed by atoms with Crippen LogP contribution in [0.1, 0.15) is 5.69 Å². The van der Waals surface area contributed by atoms with E-state index in [-0.39, 0.29) is 0 Å². The van der Waals surface area contributed by atoms with Crippen LogP contribution in [0.2, 0.25) is 0 Å². The van der Waals surface area contributed by atoms with Crippen molar-refractivity contribution in [2.45, 2.75) is 6.92 Å². The molecular formula is C17H18N10. The van der Waals surface area contributed by atoms with Crippen LogP contribution in [0.3, 0.4) is 0 Å². The van der Waals surface area contributed by atoms with E-state index >= 15 is 0 Å². The highest BCUT2D eigenvalue weighted by Crippen LogP contribution is 2.23. The number of anilines is 2. The number of aromatic nitrogens is 8. The Kier molecular flexibility index (Phi) is 3.66. The van der Waals surface area contributed by atoms with E-state index in [0.717, 1.165) is 60.4 Å². The lowest BCUT2D eigenvalue weighted by molar-refractivity contribution is 0.641. The van der Waals surface area contributed by atoms with Crippen molar-refractivity contribution in [2.24, 2.45) is 0 Å². The second kappa shape index (κ2) is 6.31. The standard InChI is InChI=1S/C17H18N10/c1-12-2-3-27(24-12)15-8-14(18-10-19-15)25-4-6-26(7-5-25)17-13-9-22-23-16(13)20-11-21-17/h2-3,8-11H,4-7H2,1H3,(H,20,21,22,23). The molecule has 27 heavy (non-hydrogen) atoms. The number of hydrogen-bond donors (Lipinski definition) is 1. The Balaban J connectivity index is 1.34. The second-order valence-corrected chi connectivity index (χ2v) is 6.44. The van der Waals surface area contributed by atoms with Gasteiger partial charge < -0.3 is 9.80 Å². The van der Waals surface area contributed by atoms with Crippen molar-refractivity contribution < 1.29 is 0 Å². The van der Waals surface area contributed by atoms with E-state index in [1.165, 1.54) is 0 Å². The molecule has 0 aromatic carbocycles. The zero-order chi connectivity index (χ0) is 18.2. The molecule has 0 bridgehead atoms. The van der Waals surface area contributed by atoms with Crippen molar-refractivity contribution in [1.29, 1.82) is 0 Å². The molecule has 0 atom stereocenters. The Labute approximate surface area is 154 Å². The molecule has 0 radical (unpaired) electrons. The third-order valence-corrected chi connectivity index (χ3v) is 4.73. The maximum absolute atomic E-state index is 4.46. The van der Waals surface area contributed by atoms with Gasteiger partial charge in [-0.15, -0.1) is 0 Å². The number of fused-ring (bicyclic) bond motifs is 1. The number of piperazine rings is 1. The van der Waals surface area contributed by atoms with Crippen LogP contribution in [0.4, 0.5) is 11.6 Å². The van der Waals surface area contributed by atoms with Crippen molar-refractivity contribution in [2.75, 3.05) is 36.0 Å². The average Bonchev–Trinajstić information content (AvgIpc) is 3.37. The van der Waals surface area contributed by atoms with Crippen molar-refractivity contribution in [3.8, 4) is 5.82 Å². The summed E-state index contributed by atoms with van der Waals surface area (Å²) in [7, 11) is 0. The predicted molar refractivity (Wildman–Crippen MR) is 100 cm³/mol. The summed E-state index contributed by atoms with van der Waals surface area (Å²) in [6.45, 7) is 5.34. The van der Waals surface area contributed by atoms with Crippen LogP contribution in [-0.4, -0.2) is 66.1 Å². The van der Waals surface area contributed by atoms with Crippen molar-refractivity contribution in [3.05, 3.63) is 42.9 Å². The molecule has 1 N–H and O–H groups in total. The molecule has 4 aromatic heterocycles. The first-order valence-electron chi connectivity index (χ1n) is 8.76. The molecule has 4 aromatic rings. The molecule has 1 aliphatic heterocycles. The molecule has 1 saturated heterocycles. The van der Waals surface area contributed by atoms with Crippen LogP contribution >= 0.6 is 0 Å². The Morgan fingerprint density at radius 2 is 1.70 bits per heavy atom. The van der Waals surface area contributed by atoms with Gasteiger partial charge in [0.1, 0.15) is 24.3 Å². The maximum Gasteiger partial charge on any atom is 0.160 e. The molecule has 136 valence electrons. The van der Waals surface area contributed by atoms with E-state index in [0.29, 0.717) is 0 Å². The summed E-state index contributed by atoms with van der Waals surface area (Å²) in [6, 6.07) is 3.93. The normalized spacial score (nSPS) is 14.9. The first-order chi connectivity index (χ1) is 13.3. The highest BCUT2D eigenvalue weighted by Gasteiger charge is 2.21. The third-order valence-electron chi connectivity index (χ3n) is 4.73. The van der Waals surface area contributed by atoms with E-state index < -0.39 is 0 Å². The van der Waals surface area contributed by atoms with Gasteiger partial charge in [-0.25, -0.2) is 24.6 Å². The smallest absolute Gasteiger partial charge is 0.160 e. The highest BCUT2D eigenvalue weighted by atomic mass is 15.3. The molecule has 5 heterocycles. The van der Waals surface area contributed by atoms with Gasteiger partial charge in [-0.05, 0) is 13.0 Å². The zero-order valence-electron chi connectivity index (χ0n) is 14.8. The summed E-state index contributed by atoms with van der Waals surface area (Å²) in [6.07, 6.45) is 6.85. The minimum absolute atomic E-state index is 0.761. The van der Waals surface area contributed by atoms with Gasteiger partial charge in [-0.3, -0.25) is 5.10 Å². The van der Waals surface area contributed by atoms with Crippen LogP contribution < -0.4 is 9.80 Å². The predicted octanol–water partition coefficient (Wildman–Crippen LogP) is 0.964. The molecule has 10 heteroatoms. The van der Waals surface area contributed by atoms with E-state index in [9.17, 15) is 0 Å². The highest BCUT2D eigenvalue weighted by molar-refractivity contribution is 5.86. The van der Waals surface area contributed by atoms with Gasteiger partial charge in [0.2, 0.25) is 0 Å². The lowest BCUT2D eigenvalue weighted by Crippen LogP contribution is -2.47. The number of rotatable bonds is 3. The van der Waals surface area contributed by atoms with Crippen LogP contribution in [0.25, 0.3) is 16.9 Å². The van der Waals surface area contributed by atoms with Crippen molar-refractivity contribution >= 4 is 22.7 Å². The van der Waals surface area contributed by atoms with Gasteiger partial charge in [0, 0.05) is 38.4 Å². The van der Waals surface area contributed by atoms with Crippen molar-refractivity contribution in [3.63, 3.8) is 0 Å². The van der Waals surface area contributed by atoms with Gasteiger partial charge in [-0.2, -0.15) is 10.2 Å². The molecule has 0 saturated carbocycles. The summed E-state index contributed by atoms with van der Waals surface area (Å²) in [5.41, 5.74) is 1.72. The fourth-order valence-corrected chi connectivity index (χ4v) is 3.33. The second-order valence-electron chi connectivity index (χ2n) is 6.44. The number of nitrogens with zero attached hydrogens (tertiary/aromatic N) is 9. The monoisotopic (exact) mass is 362 g/mol. The molecule has 0 unspecified atom stereocenters. The maximum atomic E-state index is 4.46. The number of nitrogens with one attached hydrogen (secondary N) is 1. The molecular weight excluding hydrogens is 344 g/mol. The largest absolute Gasteiger partial charge is 0.353 e. The summed E-state index contributed by atoms with van der Waals surface area (Å²) >= 11 is 0. The third kappa shape index (κ3) is 2.84. The number of aryl methyl sites for hydroxylation is 1. The SMILES string of the molecule is Cc1ccn(-c2cc(N3CCN(c4ncnc5[nH]ncc45)CC3)ncn2)n1. The lowest BCUT2D eigenvalue weighted by Gasteiger charge is -2.36. The van der Waals surface area contributed by atoms with Crippen molar-refractivity contribution in [1.82, 2.24) is 39.9 Å².